The van der Waals surface area contributed by atoms with Gasteiger partial charge in [-0.25, -0.2) is 0 Å². The molecule has 1 rings (SSSR count). The second kappa shape index (κ2) is 2.31. The van der Waals surface area contributed by atoms with Crippen LogP contribution in [0.3, 0.4) is 0 Å². The van der Waals surface area contributed by atoms with Crippen LogP contribution < -0.4 is 5.32 Å². The van der Waals surface area contributed by atoms with E-state index in [0.29, 0.717) is 12.1 Å². The molecule has 1 aliphatic rings. The van der Waals surface area contributed by atoms with Gasteiger partial charge in [0.2, 0.25) is 0 Å². The normalized spacial score (nSPS) is 16.9. The highest BCUT2D eigenvalue weighted by Gasteiger charge is 1.98. The summed E-state index contributed by atoms with van der Waals surface area (Å²) in [7, 11) is 0. The molecule has 3 nitrogen and oxygen atoms in total. The van der Waals surface area contributed by atoms with Crippen molar-refractivity contribution in [3.63, 3.8) is 0 Å². The zero-order valence-corrected chi connectivity index (χ0v) is 5.18. The number of nitriles is 1. The lowest BCUT2D eigenvalue weighted by molar-refractivity contribution is 1.05. The van der Waals surface area contributed by atoms with Crippen LogP contribution in [0.4, 0.5) is 0 Å². The lowest BCUT2D eigenvalue weighted by atomic mass is 10.3. The van der Waals surface area contributed by atoms with Crippen LogP contribution in [0.15, 0.2) is 16.8 Å². The van der Waals surface area contributed by atoms with Crippen molar-refractivity contribution < 1.29 is 0 Å². The van der Waals surface area contributed by atoms with Crippen molar-refractivity contribution in [1.82, 2.24) is 5.32 Å². The lowest BCUT2D eigenvalue weighted by Gasteiger charge is -2.05. The fourth-order valence-electron chi connectivity index (χ4n) is 0.554. The van der Waals surface area contributed by atoms with Crippen LogP contribution in [0.25, 0.3) is 0 Å². The van der Waals surface area contributed by atoms with Crippen LogP contribution in [-0.2, 0) is 0 Å². The molecule has 0 saturated heterocycles. The van der Waals surface area contributed by atoms with E-state index in [4.69, 9.17) is 5.26 Å². The molecule has 1 aliphatic heterocycles. The maximum absolute atomic E-state index is 8.35. The van der Waals surface area contributed by atoms with E-state index in [2.05, 4.69) is 10.3 Å². The first-order chi connectivity index (χ1) is 4.33. The number of nitrogens with one attached hydrogen (secondary N) is 1. The molecule has 1 N–H and O–H groups in total. The fourth-order valence-corrected chi connectivity index (χ4v) is 0.554. The van der Waals surface area contributed by atoms with Gasteiger partial charge in [-0.1, -0.05) is 0 Å². The number of hydrogen-bond acceptors (Lipinski definition) is 3. The molecule has 0 aromatic carbocycles. The minimum Gasteiger partial charge on any atom is -0.350 e. The minimum atomic E-state index is 0.523. The first kappa shape index (κ1) is 5.83. The van der Waals surface area contributed by atoms with Crippen LogP contribution in [-0.4, -0.2) is 12.4 Å². The third-order valence-corrected chi connectivity index (χ3v) is 1.09. The van der Waals surface area contributed by atoms with E-state index in [1.165, 1.54) is 0 Å². The van der Waals surface area contributed by atoms with Gasteiger partial charge in [-0.15, -0.1) is 0 Å². The minimum absolute atomic E-state index is 0.523. The summed E-state index contributed by atoms with van der Waals surface area (Å²) in [6.07, 6.45) is 1.68. The second-order valence-electron chi connectivity index (χ2n) is 1.83. The molecule has 0 aromatic heterocycles. The molecule has 0 radical (unpaired) electrons. The Morgan fingerprint density at radius 3 is 3.11 bits per heavy atom. The van der Waals surface area contributed by atoms with E-state index < -0.39 is 0 Å². The summed E-state index contributed by atoms with van der Waals surface area (Å²) < 4.78 is 0. The Balaban J connectivity index is 2.61. The van der Waals surface area contributed by atoms with Crippen molar-refractivity contribution in [2.75, 3.05) is 6.54 Å². The number of aliphatic imine (C=N–C) groups is 1. The quantitative estimate of drug-likeness (QED) is 0.504. The Morgan fingerprint density at radius 2 is 2.67 bits per heavy atom. The Bertz CT molecular complexity index is 207. The molecule has 0 amide bonds. The zero-order valence-electron chi connectivity index (χ0n) is 5.18. The van der Waals surface area contributed by atoms with Crippen molar-refractivity contribution in [3.8, 4) is 6.07 Å². The maximum Gasteiger partial charge on any atom is 0.0982 e. The zero-order chi connectivity index (χ0) is 6.69. The van der Waals surface area contributed by atoms with Crippen molar-refractivity contribution in [2.45, 2.75) is 6.92 Å². The topological polar surface area (TPSA) is 48.2 Å². The molecular formula is C6H7N3. The third-order valence-electron chi connectivity index (χ3n) is 1.09. The predicted octanol–water partition coefficient (Wildman–Crippen LogP) is 0.415. The predicted molar refractivity (Wildman–Crippen MR) is 34.8 cm³/mol. The molecule has 0 bridgehead atoms. The van der Waals surface area contributed by atoms with Gasteiger partial charge in [-0.05, 0) is 6.92 Å². The highest BCUT2D eigenvalue weighted by molar-refractivity contribution is 5.81. The van der Waals surface area contributed by atoms with Crippen LogP contribution >= 0.6 is 0 Å². The highest BCUT2D eigenvalue weighted by atomic mass is 15.0. The monoisotopic (exact) mass is 121 g/mol. The van der Waals surface area contributed by atoms with Crippen molar-refractivity contribution >= 4 is 5.84 Å². The van der Waals surface area contributed by atoms with Crippen LogP contribution in [0.1, 0.15) is 6.92 Å². The highest BCUT2D eigenvalue weighted by Crippen LogP contribution is 1.95. The van der Waals surface area contributed by atoms with Crippen LogP contribution in [0, 0.1) is 11.3 Å². The number of nitrogens with zero attached hydrogens (tertiary/aromatic N) is 2. The molecule has 0 atom stereocenters. The standard InChI is InChI=1S/C6H7N3/c1-5-8-3-6(2-7)4-9-5/h3H,4H2,1H3,(H,8,9). The molecular weight excluding hydrogens is 114 g/mol. The van der Waals surface area contributed by atoms with Gasteiger partial charge in [0.15, 0.2) is 0 Å². The van der Waals surface area contributed by atoms with E-state index in [1.54, 1.807) is 6.20 Å². The van der Waals surface area contributed by atoms with Gasteiger partial charge in [0, 0.05) is 6.20 Å². The maximum atomic E-state index is 8.35. The summed E-state index contributed by atoms with van der Waals surface area (Å²) >= 11 is 0. The molecule has 0 spiro atoms. The molecule has 9 heavy (non-hydrogen) atoms. The van der Waals surface area contributed by atoms with Crippen LogP contribution in [0.5, 0.6) is 0 Å². The van der Waals surface area contributed by atoms with Crippen molar-refractivity contribution in [1.29, 1.82) is 5.26 Å². The number of rotatable bonds is 0. The Labute approximate surface area is 53.7 Å². The van der Waals surface area contributed by atoms with E-state index in [1.807, 2.05) is 13.0 Å². The Hall–Kier alpha value is -1.30. The second-order valence-corrected chi connectivity index (χ2v) is 1.83. The number of amidine groups is 1. The fraction of sp³-hybridized carbons (Fsp3) is 0.333. The van der Waals surface area contributed by atoms with Gasteiger partial charge >= 0.3 is 0 Å². The van der Waals surface area contributed by atoms with Gasteiger partial charge < -0.3 is 5.32 Å². The van der Waals surface area contributed by atoms with E-state index >= 15 is 0 Å². The van der Waals surface area contributed by atoms with E-state index in [-0.39, 0.29) is 0 Å². The van der Waals surface area contributed by atoms with Gasteiger partial charge in [0.1, 0.15) is 0 Å². The molecule has 0 fully saturated rings. The molecule has 1 heterocycles. The molecule has 46 valence electrons. The summed E-state index contributed by atoms with van der Waals surface area (Å²) in [6, 6.07) is 2.02. The summed E-state index contributed by atoms with van der Waals surface area (Å²) in [5.74, 6) is 0.869. The molecule has 0 unspecified atom stereocenters. The van der Waals surface area contributed by atoms with E-state index in [9.17, 15) is 0 Å². The average Bonchev–Trinajstić information content (AvgIpc) is 1.90. The van der Waals surface area contributed by atoms with Gasteiger partial charge in [-0.3, -0.25) is 4.99 Å². The summed E-state index contributed by atoms with van der Waals surface area (Å²) in [5.41, 5.74) is 0.681. The summed E-state index contributed by atoms with van der Waals surface area (Å²) in [5, 5.41) is 11.2. The van der Waals surface area contributed by atoms with Gasteiger partial charge in [0.25, 0.3) is 0 Å². The smallest absolute Gasteiger partial charge is 0.0982 e. The lowest BCUT2D eigenvalue weighted by Crippen LogP contribution is -2.18. The first-order valence-corrected chi connectivity index (χ1v) is 2.69. The summed E-state index contributed by atoms with van der Waals surface area (Å²) in [4.78, 5) is 4.00. The SMILES string of the molecule is CC1=NCC(C#N)=CN1. The van der Waals surface area contributed by atoms with Gasteiger partial charge in [-0.2, -0.15) is 5.26 Å². The molecule has 0 aliphatic carbocycles. The molecule has 0 saturated carbocycles. The van der Waals surface area contributed by atoms with Gasteiger partial charge in [0.05, 0.1) is 24.0 Å². The summed E-state index contributed by atoms with van der Waals surface area (Å²) in [6.45, 7) is 2.39. The number of hydrogen-bond donors (Lipinski definition) is 1. The van der Waals surface area contributed by atoms with Crippen molar-refractivity contribution in [2.24, 2.45) is 4.99 Å². The van der Waals surface area contributed by atoms with Crippen LogP contribution in [0.2, 0.25) is 0 Å². The Kier molecular flexibility index (Phi) is 1.50. The molecule has 0 aromatic rings. The average molecular weight is 121 g/mol. The first-order valence-electron chi connectivity index (χ1n) is 2.69. The largest absolute Gasteiger partial charge is 0.350 e. The molecule has 3 heteroatoms. The Morgan fingerprint density at radius 1 is 1.89 bits per heavy atom. The van der Waals surface area contributed by atoms with Crippen molar-refractivity contribution in [3.05, 3.63) is 11.8 Å². The van der Waals surface area contributed by atoms with E-state index in [0.717, 1.165) is 5.84 Å². The third kappa shape index (κ3) is 1.29.